The Morgan fingerprint density at radius 3 is 2.76 bits per heavy atom. The average Bonchev–Trinajstić information content (AvgIpc) is 3.30. The number of nitrogens with zero attached hydrogens (tertiary/aromatic N) is 4. The molecule has 0 bridgehead atoms. The van der Waals surface area contributed by atoms with Gasteiger partial charge in [0, 0.05) is 25.5 Å². The highest BCUT2D eigenvalue weighted by Crippen LogP contribution is 2.33. The van der Waals surface area contributed by atoms with Crippen molar-refractivity contribution in [3.8, 4) is 11.1 Å². The minimum absolute atomic E-state index is 0. The zero-order valence-electron chi connectivity index (χ0n) is 19.8. The number of amides is 1. The van der Waals surface area contributed by atoms with Crippen LogP contribution < -0.4 is 10.6 Å². The third-order valence-corrected chi connectivity index (χ3v) is 6.09. The maximum atomic E-state index is 12.5. The molecule has 0 aliphatic carbocycles. The zero-order chi connectivity index (χ0) is 22.7. The molecule has 176 valence electrons. The van der Waals surface area contributed by atoms with E-state index in [2.05, 4.69) is 57.1 Å². The van der Waals surface area contributed by atoms with Gasteiger partial charge < -0.3 is 10.6 Å². The highest BCUT2D eigenvalue weighted by atomic mass is 35.5. The van der Waals surface area contributed by atoms with E-state index in [1.54, 1.807) is 10.9 Å². The van der Waals surface area contributed by atoms with Crippen molar-refractivity contribution in [3.63, 3.8) is 0 Å². The fourth-order valence-electron chi connectivity index (χ4n) is 4.14. The summed E-state index contributed by atoms with van der Waals surface area (Å²) < 4.78 is 1.70. The molecule has 1 aliphatic heterocycles. The molecule has 1 atom stereocenters. The highest BCUT2D eigenvalue weighted by molar-refractivity contribution is 5.91. The van der Waals surface area contributed by atoms with E-state index in [1.165, 1.54) is 29.5 Å². The monoisotopic (exact) mass is 468 g/mol. The number of hydrogen-bond donors (Lipinski definition) is 2. The van der Waals surface area contributed by atoms with Crippen LogP contribution >= 0.6 is 12.4 Å². The Hall–Kier alpha value is -2.77. The summed E-state index contributed by atoms with van der Waals surface area (Å²) in [5.41, 5.74) is 6.09. The van der Waals surface area contributed by atoms with Gasteiger partial charge in [0.2, 0.25) is 0 Å². The van der Waals surface area contributed by atoms with E-state index >= 15 is 0 Å². The quantitative estimate of drug-likeness (QED) is 0.585. The van der Waals surface area contributed by atoms with E-state index in [-0.39, 0.29) is 23.9 Å². The second-order valence-corrected chi connectivity index (χ2v) is 9.55. The fraction of sp³-hybridized carbons (Fsp3) is 0.440. The number of rotatable bonds is 5. The van der Waals surface area contributed by atoms with Gasteiger partial charge in [-0.3, -0.25) is 9.78 Å². The Bertz CT molecular complexity index is 1100. The lowest BCUT2D eigenvalue weighted by molar-refractivity contribution is 0.0945. The molecule has 1 fully saturated rings. The van der Waals surface area contributed by atoms with Crippen LogP contribution in [0.4, 0.5) is 0 Å². The first-order valence-corrected chi connectivity index (χ1v) is 11.3. The number of benzene rings is 1. The van der Waals surface area contributed by atoms with Gasteiger partial charge in [-0.2, -0.15) is 0 Å². The third kappa shape index (κ3) is 5.78. The molecule has 1 aromatic carbocycles. The van der Waals surface area contributed by atoms with Gasteiger partial charge in [-0.25, -0.2) is 4.68 Å². The average molecular weight is 469 g/mol. The van der Waals surface area contributed by atoms with Crippen molar-refractivity contribution in [3.05, 3.63) is 65.2 Å². The highest BCUT2D eigenvalue weighted by Gasteiger charge is 2.20. The van der Waals surface area contributed by atoms with Crippen LogP contribution in [0.3, 0.4) is 0 Å². The lowest BCUT2D eigenvalue weighted by Crippen LogP contribution is -2.28. The normalized spacial score (nSPS) is 16.2. The number of halogens is 1. The van der Waals surface area contributed by atoms with Crippen molar-refractivity contribution in [1.82, 2.24) is 30.6 Å². The van der Waals surface area contributed by atoms with Crippen molar-refractivity contribution in [2.75, 3.05) is 13.1 Å². The molecule has 0 radical (unpaired) electrons. The van der Waals surface area contributed by atoms with Crippen LogP contribution in [0.2, 0.25) is 0 Å². The molecular weight excluding hydrogens is 436 g/mol. The fourth-order valence-corrected chi connectivity index (χ4v) is 4.14. The number of pyridine rings is 1. The zero-order valence-corrected chi connectivity index (χ0v) is 20.6. The van der Waals surface area contributed by atoms with Crippen LogP contribution in [-0.4, -0.2) is 39.0 Å². The van der Waals surface area contributed by atoms with Gasteiger partial charge in [-0.05, 0) is 86.9 Å². The van der Waals surface area contributed by atoms with E-state index < -0.39 is 0 Å². The molecule has 1 unspecified atom stereocenters. The first-order chi connectivity index (χ1) is 15.3. The number of piperidine rings is 1. The van der Waals surface area contributed by atoms with Crippen LogP contribution in [0.15, 0.2) is 42.9 Å². The molecule has 8 heteroatoms. The van der Waals surface area contributed by atoms with Crippen LogP contribution in [0, 0.1) is 6.92 Å². The summed E-state index contributed by atoms with van der Waals surface area (Å²) in [5, 5.41) is 14.6. The van der Waals surface area contributed by atoms with E-state index in [9.17, 15) is 4.79 Å². The Labute approximate surface area is 201 Å². The Kier molecular flexibility index (Phi) is 7.87. The predicted octanol–water partition coefficient (Wildman–Crippen LogP) is 4.22. The van der Waals surface area contributed by atoms with Gasteiger partial charge in [-0.1, -0.05) is 23.4 Å². The van der Waals surface area contributed by atoms with Gasteiger partial charge in [0.15, 0.2) is 5.69 Å². The van der Waals surface area contributed by atoms with Crippen molar-refractivity contribution < 1.29 is 4.79 Å². The van der Waals surface area contributed by atoms with Crippen LogP contribution in [0.25, 0.3) is 11.1 Å². The SMILES string of the molecule is Cc1cc(-c2ccncc2C2CCCNC2)ccc1CNC(=O)c1cn(C(C)(C)C)nn1.Cl. The van der Waals surface area contributed by atoms with E-state index in [0.717, 1.165) is 24.2 Å². The minimum atomic E-state index is -0.217. The lowest BCUT2D eigenvalue weighted by atomic mass is 9.87. The lowest BCUT2D eigenvalue weighted by Gasteiger charge is -2.25. The number of nitrogens with one attached hydrogen (secondary N) is 2. The van der Waals surface area contributed by atoms with Gasteiger partial charge in [-0.15, -0.1) is 17.5 Å². The van der Waals surface area contributed by atoms with Crippen molar-refractivity contribution in [2.45, 2.75) is 58.5 Å². The van der Waals surface area contributed by atoms with Crippen LogP contribution in [-0.2, 0) is 12.1 Å². The molecule has 3 aromatic rings. The first kappa shape index (κ1) is 24.9. The summed E-state index contributed by atoms with van der Waals surface area (Å²) in [6.45, 7) is 10.7. The second-order valence-electron chi connectivity index (χ2n) is 9.55. The van der Waals surface area contributed by atoms with Gasteiger partial charge >= 0.3 is 0 Å². The van der Waals surface area contributed by atoms with Crippen LogP contribution in [0.1, 0.15) is 66.7 Å². The topological polar surface area (TPSA) is 84.7 Å². The third-order valence-electron chi connectivity index (χ3n) is 6.09. The molecule has 3 heterocycles. The predicted molar refractivity (Wildman–Crippen MR) is 133 cm³/mol. The van der Waals surface area contributed by atoms with Crippen molar-refractivity contribution in [1.29, 1.82) is 0 Å². The summed E-state index contributed by atoms with van der Waals surface area (Å²) in [4.78, 5) is 16.9. The molecule has 1 saturated heterocycles. The van der Waals surface area contributed by atoms with E-state index in [0.29, 0.717) is 18.2 Å². The molecule has 1 amide bonds. The molecule has 7 nitrogen and oxygen atoms in total. The Morgan fingerprint density at radius 2 is 2.09 bits per heavy atom. The van der Waals surface area contributed by atoms with E-state index in [4.69, 9.17) is 0 Å². The molecule has 4 rings (SSSR count). The summed E-state index contributed by atoms with van der Waals surface area (Å²) in [5.74, 6) is 0.276. The molecule has 0 saturated carbocycles. The van der Waals surface area contributed by atoms with E-state index in [1.807, 2.05) is 33.2 Å². The number of aromatic nitrogens is 4. The standard InChI is InChI=1S/C25H32N6O.ClH/c1-17-12-18(21-9-11-27-15-22(21)20-6-5-10-26-13-20)7-8-19(17)14-28-24(32)23-16-31(30-29-23)25(2,3)4;/h7-9,11-12,15-16,20,26H,5-6,10,13-14H2,1-4H3,(H,28,32);1H. The van der Waals surface area contributed by atoms with Crippen molar-refractivity contribution >= 4 is 18.3 Å². The molecule has 33 heavy (non-hydrogen) atoms. The summed E-state index contributed by atoms with van der Waals surface area (Å²) in [6, 6.07) is 8.55. The van der Waals surface area contributed by atoms with Gasteiger partial charge in [0.25, 0.3) is 5.91 Å². The van der Waals surface area contributed by atoms with Gasteiger partial charge in [0.05, 0.1) is 11.7 Å². The maximum absolute atomic E-state index is 12.5. The van der Waals surface area contributed by atoms with Crippen LogP contribution in [0.5, 0.6) is 0 Å². The maximum Gasteiger partial charge on any atom is 0.273 e. The molecular formula is C25H33ClN6O. The molecule has 2 N–H and O–H groups in total. The summed E-state index contributed by atoms with van der Waals surface area (Å²) in [6.07, 6.45) is 7.95. The molecule has 2 aromatic heterocycles. The first-order valence-electron chi connectivity index (χ1n) is 11.3. The number of hydrogen-bond acceptors (Lipinski definition) is 5. The summed E-state index contributed by atoms with van der Waals surface area (Å²) >= 11 is 0. The largest absolute Gasteiger partial charge is 0.347 e. The van der Waals surface area contributed by atoms with Crippen molar-refractivity contribution in [2.24, 2.45) is 0 Å². The second kappa shape index (κ2) is 10.4. The number of aryl methyl sites for hydroxylation is 1. The summed E-state index contributed by atoms with van der Waals surface area (Å²) in [7, 11) is 0. The number of carbonyl (C=O) groups is 1. The Balaban J connectivity index is 0.00000306. The molecule has 1 aliphatic rings. The Morgan fingerprint density at radius 1 is 1.27 bits per heavy atom. The number of carbonyl (C=O) groups excluding carboxylic acids is 1. The van der Waals surface area contributed by atoms with Gasteiger partial charge in [0.1, 0.15) is 0 Å². The smallest absolute Gasteiger partial charge is 0.273 e. The molecule has 0 spiro atoms. The minimum Gasteiger partial charge on any atom is -0.347 e.